The van der Waals surface area contributed by atoms with E-state index < -0.39 is 18.9 Å². The first-order chi connectivity index (χ1) is 6.79. The number of phenolic OH excluding ortho intramolecular Hbond substituents is 1. The van der Waals surface area contributed by atoms with Crippen LogP contribution in [0.25, 0.3) is 0 Å². The van der Waals surface area contributed by atoms with E-state index in [0.29, 0.717) is 0 Å². The van der Waals surface area contributed by atoms with Gasteiger partial charge in [0.2, 0.25) is 8.27 Å². The fourth-order valence-electron chi connectivity index (χ4n) is 0.987. The Kier molecular flexibility index (Phi) is 3.30. The van der Waals surface area contributed by atoms with Gasteiger partial charge in [-0.3, -0.25) is 10.1 Å². The van der Waals surface area contributed by atoms with Crippen LogP contribution < -0.4 is 0 Å². The topological polar surface area (TPSA) is 97.5 Å². The Hall–Kier alpha value is -1.15. The van der Waals surface area contributed by atoms with E-state index in [1.807, 2.05) is 0 Å². The van der Waals surface area contributed by atoms with Crippen molar-refractivity contribution in [2.75, 3.05) is 0 Å². The summed E-state index contributed by atoms with van der Waals surface area (Å²) in [6.07, 6.45) is 0. The summed E-state index contributed by atoms with van der Waals surface area (Å²) in [5.74, 6) is -0.788. The quantitative estimate of drug-likeness (QED) is 0.518. The van der Waals surface area contributed by atoms with Crippen LogP contribution in [-0.2, 0) is 14.0 Å². The van der Waals surface area contributed by atoms with Crippen molar-refractivity contribution in [3.8, 4) is 5.75 Å². The van der Waals surface area contributed by atoms with Gasteiger partial charge < -0.3 is 5.11 Å². The Labute approximate surface area is 92.8 Å². The monoisotopic (exact) mass is 295 g/mol. The zero-order valence-corrected chi connectivity index (χ0v) is 9.66. The molecule has 0 saturated heterocycles. The standard InChI is InChI=1S/C7H6BrNO5S/c8-15(13,14)4-5-3-6(9(11)12)1-2-7(5)10/h1-3,10H,4H2. The number of halogens is 1. The molecule has 0 saturated carbocycles. The highest BCUT2D eigenvalue weighted by atomic mass is 79.9. The molecule has 8 heteroatoms. The van der Waals surface area contributed by atoms with Crippen molar-refractivity contribution in [1.82, 2.24) is 0 Å². The minimum Gasteiger partial charge on any atom is -0.508 e. The third-order valence-electron chi connectivity index (χ3n) is 1.60. The fourth-order valence-corrected chi connectivity index (χ4v) is 2.33. The SMILES string of the molecule is O=[N+]([O-])c1ccc(O)c(CS(=O)(=O)Br)c1. The zero-order chi connectivity index (χ0) is 11.6. The van der Waals surface area contributed by atoms with Crippen LogP contribution in [0.2, 0.25) is 0 Å². The summed E-state index contributed by atoms with van der Waals surface area (Å²) >= 11 is 2.40. The number of aromatic hydroxyl groups is 1. The van der Waals surface area contributed by atoms with Crippen molar-refractivity contribution in [1.29, 1.82) is 0 Å². The van der Waals surface area contributed by atoms with Crippen molar-refractivity contribution in [3.05, 3.63) is 33.9 Å². The molecule has 15 heavy (non-hydrogen) atoms. The molecule has 0 radical (unpaired) electrons. The predicted molar refractivity (Wildman–Crippen MR) is 56.3 cm³/mol. The van der Waals surface area contributed by atoms with Gasteiger partial charge in [-0.05, 0) is 6.07 Å². The van der Waals surface area contributed by atoms with E-state index in [1.165, 1.54) is 0 Å². The smallest absolute Gasteiger partial charge is 0.270 e. The molecule has 0 aliphatic rings. The van der Waals surface area contributed by atoms with Crippen molar-refractivity contribution in [3.63, 3.8) is 0 Å². The van der Waals surface area contributed by atoms with E-state index in [1.54, 1.807) is 0 Å². The number of rotatable bonds is 3. The lowest BCUT2D eigenvalue weighted by atomic mass is 10.2. The van der Waals surface area contributed by atoms with Crippen LogP contribution in [0.4, 0.5) is 5.69 Å². The van der Waals surface area contributed by atoms with Gasteiger partial charge in [0.1, 0.15) is 5.75 Å². The number of phenols is 1. The first-order valence-corrected chi connectivity index (χ1v) is 7.18. The first-order valence-electron chi connectivity index (χ1n) is 3.68. The van der Waals surface area contributed by atoms with E-state index in [-0.39, 0.29) is 17.0 Å². The van der Waals surface area contributed by atoms with Gasteiger partial charge in [0.05, 0.1) is 25.5 Å². The Balaban J connectivity index is 3.17. The van der Waals surface area contributed by atoms with E-state index in [4.69, 9.17) is 0 Å². The second-order valence-corrected chi connectivity index (χ2v) is 7.08. The molecule has 82 valence electrons. The van der Waals surface area contributed by atoms with Crippen molar-refractivity contribution >= 4 is 28.8 Å². The van der Waals surface area contributed by atoms with Crippen molar-refractivity contribution in [2.24, 2.45) is 0 Å². The second-order valence-electron chi connectivity index (χ2n) is 2.75. The lowest BCUT2D eigenvalue weighted by molar-refractivity contribution is -0.384. The number of nitro groups is 1. The van der Waals surface area contributed by atoms with Crippen LogP contribution in [0.15, 0.2) is 18.2 Å². The first kappa shape index (κ1) is 11.9. The summed E-state index contributed by atoms with van der Waals surface area (Å²) in [7, 11) is -3.51. The number of benzene rings is 1. The lowest BCUT2D eigenvalue weighted by Gasteiger charge is -2.01. The molecule has 1 aromatic carbocycles. The molecule has 1 aromatic rings. The van der Waals surface area contributed by atoms with E-state index in [0.717, 1.165) is 18.2 Å². The van der Waals surface area contributed by atoms with Gasteiger partial charge in [0.15, 0.2) is 0 Å². The van der Waals surface area contributed by atoms with Gasteiger partial charge in [-0.2, -0.15) is 0 Å². The van der Waals surface area contributed by atoms with Crippen molar-refractivity contribution < 1.29 is 18.4 Å². The minimum atomic E-state index is -3.51. The molecular formula is C7H6BrNO5S. The molecule has 0 aliphatic heterocycles. The summed E-state index contributed by atoms with van der Waals surface area (Å²) < 4.78 is 21.7. The molecule has 6 nitrogen and oxygen atoms in total. The number of nitrogens with zero attached hydrogens (tertiary/aromatic N) is 1. The average Bonchev–Trinajstić information content (AvgIpc) is 2.06. The zero-order valence-electron chi connectivity index (χ0n) is 7.25. The molecule has 1 rings (SSSR count). The summed E-state index contributed by atoms with van der Waals surface area (Å²) in [5, 5.41) is 19.7. The molecule has 0 bridgehead atoms. The predicted octanol–water partition coefficient (Wildman–Crippen LogP) is 1.53. The second kappa shape index (κ2) is 4.15. The summed E-state index contributed by atoms with van der Waals surface area (Å²) in [6, 6.07) is 3.21. The number of hydrogen-bond donors (Lipinski definition) is 1. The van der Waals surface area contributed by atoms with E-state index >= 15 is 0 Å². The van der Waals surface area contributed by atoms with Gasteiger partial charge in [0.25, 0.3) is 5.69 Å². The van der Waals surface area contributed by atoms with Crippen LogP contribution >= 0.6 is 14.8 Å². The van der Waals surface area contributed by atoms with Gasteiger partial charge >= 0.3 is 0 Å². The molecule has 0 amide bonds. The molecule has 0 aliphatic carbocycles. The molecule has 0 atom stereocenters. The molecule has 1 N–H and O–H groups in total. The third-order valence-corrected chi connectivity index (χ3v) is 2.94. The highest BCUT2D eigenvalue weighted by molar-refractivity contribution is 9.47. The normalized spacial score (nSPS) is 11.3. The Morgan fingerprint density at radius 1 is 1.47 bits per heavy atom. The van der Waals surface area contributed by atoms with Crippen LogP contribution in [0.1, 0.15) is 5.56 Å². The van der Waals surface area contributed by atoms with Crippen LogP contribution in [0, 0.1) is 10.1 Å². The van der Waals surface area contributed by atoms with E-state index in [2.05, 4.69) is 14.8 Å². The maximum atomic E-state index is 10.9. The third kappa shape index (κ3) is 3.48. The maximum Gasteiger partial charge on any atom is 0.270 e. The summed E-state index contributed by atoms with van der Waals surface area (Å²) in [5.41, 5.74) is -0.278. The minimum absolute atomic E-state index is 0.0129. The number of hydrogen-bond acceptors (Lipinski definition) is 5. The Morgan fingerprint density at radius 3 is 2.53 bits per heavy atom. The Morgan fingerprint density at radius 2 is 2.07 bits per heavy atom. The van der Waals surface area contributed by atoms with Gasteiger partial charge in [-0.1, -0.05) is 0 Å². The van der Waals surface area contributed by atoms with E-state index in [9.17, 15) is 23.6 Å². The Bertz CT molecular complexity index is 498. The average molecular weight is 296 g/mol. The highest BCUT2D eigenvalue weighted by Gasteiger charge is 2.15. The lowest BCUT2D eigenvalue weighted by Crippen LogP contribution is -1.96. The largest absolute Gasteiger partial charge is 0.508 e. The summed E-state index contributed by atoms with van der Waals surface area (Å²) in [6.45, 7) is 0. The van der Waals surface area contributed by atoms with Gasteiger partial charge in [-0.15, -0.1) is 0 Å². The van der Waals surface area contributed by atoms with Crippen LogP contribution in [0.5, 0.6) is 5.75 Å². The number of non-ortho nitro benzene ring substituents is 1. The highest BCUT2D eigenvalue weighted by Crippen LogP contribution is 2.25. The van der Waals surface area contributed by atoms with Crippen LogP contribution in [-0.4, -0.2) is 18.4 Å². The molecular weight excluding hydrogens is 290 g/mol. The maximum absolute atomic E-state index is 10.9. The fraction of sp³-hybridized carbons (Fsp3) is 0.143. The summed E-state index contributed by atoms with van der Waals surface area (Å²) in [4.78, 5) is 9.73. The molecule has 0 heterocycles. The van der Waals surface area contributed by atoms with Gasteiger partial charge in [0, 0.05) is 17.7 Å². The molecule has 0 aromatic heterocycles. The van der Waals surface area contributed by atoms with Crippen molar-refractivity contribution in [2.45, 2.75) is 5.75 Å². The molecule has 0 fully saturated rings. The molecule has 0 spiro atoms. The van der Waals surface area contributed by atoms with Crippen LogP contribution in [0.3, 0.4) is 0 Å². The van der Waals surface area contributed by atoms with Gasteiger partial charge in [-0.25, -0.2) is 8.42 Å². The number of nitro benzene ring substituents is 1. The molecule has 0 unspecified atom stereocenters.